The summed E-state index contributed by atoms with van der Waals surface area (Å²) in [6.45, 7) is 1.93. The van der Waals surface area contributed by atoms with Crippen LogP contribution in [0.15, 0.2) is 54.9 Å². The molecule has 0 aliphatic rings. The average molecular weight is 262 g/mol. The number of benzene rings is 1. The lowest BCUT2D eigenvalue weighted by Gasteiger charge is -2.03. The summed E-state index contributed by atoms with van der Waals surface area (Å²) in [5.74, 6) is 0.0454. The molecule has 3 rings (SSSR count). The van der Waals surface area contributed by atoms with Crippen LogP contribution in [0.1, 0.15) is 21.6 Å². The molecule has 0 amide bonds. The molecule has 0 aliphatic carbocycles. The Morgan fingerprint density at radius 3 is 2.80 bits per heavy atom. The van der Waals surface area contributed by atoms with Gasteiger partial charge in [0, 0.05) is 29.0 Å². The molecule has 0 saturated carbocycles. The predicted molar refractivity (Wildman–Crippen MR) is 78.8 cm³/mol. The fourth-order valence-electron chi connectivity index (χ4n) is 2.18. The van der Waals surface area contributed by atoms with E-state index < -0.39 is 0 Å². The summed E-state index contributed by atoms with van der Waals surface area (Å²) in [7, 11) is 0. The molecule has 98 valence electrons. The van der Waals surface area contributed by atoms with E-state index >= 15 is 0 Å². The van der Waals surface area contributed by atoms with E-state index in [2.05, 4.69) is 9.97 Å². The molecule has 0 bridgehead atoms. The van der Waals surface area contributed by atoms with E-state index in [4.69, 9.17) is 0 Å². The van der Waals surface area contributed by atoms with Gasteiger partial charge in [0.1, 0.15) is 0 Å². The summed E-state index contributed by atoms with van der Waals surface area (Å²) in [5.41, 5.74) is 3.33. The maximum atomic E-state index is 12.2. The number of rotatable bonds is 3. The van der Waals surface area contributed by atoms with Crippen LogP contribution in [-0.2, 0) is 6.42 Å². The highest BCUT2D eigenvalue weighted by atomic mass is 16.1. The van der Waals surface area contributed by atoms with Crippen LogP contribution in [0.3, 0.4) is 0 Å². The molecule has 0 saturated heterocycles. The van der Waals surface area contributed by atoms with E-state index in [-0.39, 0.29) is 5.78 Å². The Balaban J connectivity index is 1.87. The van der Waals surface area contributed by atoms with Crippen LogP contribution < -0.4 is 0 Å². The van der Waals surface area contributed by atoms with Crippen molar-refractivity contribution in [2.45, 2.75) is 13.3 Å². The van der Waals surface area contributed by atoms with Gasteiger partial charge < -0.3 is 0 Å². The number of carbonyl (C=O) groups is 1. The molecule has 3 aromatic rings. The molecule has 2 aromatic heterocycles. The van der Waals surface area contributed by atoms with Gasteiger partial charge in [0.25, 0.3) is 0 Å². The lowest BCUT2D eigenvalue weighted by Crippen LogP contribution is -2.06. The minimum absolute atomic E-state index is 0.0454. The number of nitrogens with zero attached hydrogens (tertiary/aromatic N) is 2. The van der Waals surface area contributed by atoms with Gasteiger partial charge in [0.2, 0.25) is 0 Å². The third-order valence-corrected chi connectivity index (χ3v) is 3.19. The number of hydrogen-bond donors (Lipinski definition) is 0. The first-order valence-corrected chi connectivity index (χ1v) is 6.52. The molecule has 0 radical (unpaired) electrons. The lowest BCUT2D eigenvalue weighted by atomic mass is 10.1. The van der Waals surface area contributed by atoms with E-state index in [1.165, 1.54) is 0 Å². The van der Waals surface area contributed by atoms with Crippen molar-refractivity contribution in [1.82, 2.24) is 9.97 Å². The Labute approximate surface area is 117 Å². The molecule has 3 heteroatoms. The van der Waals surface area contributed by atoms with E-state index in [9.17, 15) is 4.79 Å². The van der Waals surface area contributed by atoms with Gasteiger partial charge in [-0.3, -0.25) is 14.8 Å². The van der Waals surface area contributed by atoms with Crippen LogP contribution in [-0.4, -0.2) is 15.8 Å². The number of hydrogen-bond acceptors (Lipinski definition) is 3. The Bertz CT molecular complexity index is 781. The second-order valence-electron chi connectivity index (χ2n) is 4.85. The number of aryl methyl sites for hydroxylation is 1. The lowest BCUT2D eigenvalue weighted by molar-refractivity contribution is 0.0991. The normalized spacial score (nSPS) is 10.7. The number of aromatic nitrogens is 2. The first-order valence-electron chi connectivity index (χ1n) is 6.52. The van der Waals surface area contributed by atoms with Gasteiger partial charge >= 0.3 is 0 Å². The van der Waals surface area contributed by atoms with Gasteiger partial charge in [0.15, 0.2) is 5.78 Å². The van der Waals surface area contributed by atoms with Crippen LogP contribution >= 0.6 is 0 Å². The molecule has 0 aliphatic heterocycles. The number of ketones is 1. The van der Waals surface area contributed by atoms with Crippen LogP contribution in [0.4, 0.5) is 0 Å². The molecular weight excluding hydrogens is 248 g/mol. The first-order chi connectivity index (χ1) is 9.72. The Kier molecular flexibility index (Phi) is 3.25. The second kappa shape index (κ2) is 5.21. The van der Waals surface area contributed by atoms with Crippen LogP contribution in [0.5, 0.6) is 0 Å². The fraction of sp³-hybridized carbons (Fsp3) is 0.118. The highest BCUT2D eigenvalue weighted by Gasteiger charge is 2.09. The third-order valence-electron chi connectivity index (χ3n) is 3.19. The minimum Gasteiger partial charge on any atom is -0.294 e. The van der Waals surface area contributed by atoms with Crippen molar-refractivity contribution in [1.29, 1.82) is 0 Å². The SMILES string of the molecule is Cc1cncc(C(=O)Cc2ccc3ccccc3n2)c1. The zero-order chi connectivity index (χ0) is 13.9. The van der Waals surface area contributed by atoms with Gasteiger partial charge in [-0.1, -0.05) is 24.3 Å². The number of Topliss-reactive ketones (excluding diaryl/α,β-unsaturated/α-hetero) is 1. The molecule has 0 unspecified atom stereocenters. The average Bonchev–Trinajstić information content (AvgIpc) is 2.47. The molecule has 20 heavy (non-hydrogen) atoms. The van der Waals surface area contributed by atoms with E-state index in [1.807, 2.05) is 49.4 Å². The van der Waals surface area contributed by atoms with Gasteiger partial charge in [-0.15, -0.1) is 0 Å². The summed E-state index contributed by atoms with van der Waals surface area (Å²) >= 11 is 0. The Morgan fingerprint density at radius 2 is 1.95 bits per heavy atom. The molecule has 2 heterocycles. The quantitative estimate of drug-likeness (QED) is 0.680. The standard InChI is InChI=1S/C17H14N2O/c1-12-8-14(11-18-10-12)17(20)9-15-7-6-13-4-2-3-5-16(13)19-15/h2-8,10-11H,9H2,1H3. The fourth-order valence-corrected chi connectivity index (χ4v) is 2.18. The minimum atomic E-state index is 0.0454. The highest BCUT2D eigenvalue weighted by Crippen LogP contribution is 2.13. The van der Waals surface area contributed by atoms with Crippen molar-refractivity contribution in [3.63, 3.8) is 0 Å². The molecule has 0 fully saturated rings. The summed E-state index contributed by atoms with van der Waals surface area (Å²) in [6, 6.07) is 13.7. The third kappa shape index (κ3) is 2.57. The molecule has 0 spiro atoms. The van der Waals surface area contributed by atoms with Crippen molar-refractivity contribution in [2.24, 2.45) is 0 Å². The topological polar surface area (TPSA) is 42.9 Å². The van der Waals surface area contributed by atoms with Crippen molar-refractivity contribution in [3.8, 4) is 0 Å². The smallest absolute Gasteiger partial charge is 0.170 e. The monoisotopic (exact) mass is 262 g/mol. The van der Waals surface area contributed by atoms with Gasteiger partial charge in [-0.2, -0.15) is 0 Å². The second-order valence-corrected chi connectivity index (χ2v) is 4.85. The zero-order valence-corrected chi connectivity index (χ0v) is 11.2. The summed E-state index contributed by atoms with van der Waals surface area (Å²) in [4.78, 5) is 20.8. The van der Waals surface area contributed by atoms with E-state index in [1.54, 1.807) is 12.4 Å². The maximum absolute atomic E-state index is 12.2. The van der Waals surface area contributed by atoms with Crippen molar-refractivity contribution in [3.05, 3.63) is 71.7 Å². The van der Waals surface area contributed by atoms with Crippen LogP contribution in [0, 0.1) is 6.92 Å². The number of fused-ring (bicyclic) bond motifs is 1. The molecule has 3 nitrogen and oxygen atoms in total. The number of carbonyl (C=O) groups excluding carboxylic acids is 1. The largest absolute Gasteiger partial charge is 0.294 e. The Hall–Kier alpha value is -2.55. The molecule has 0 N–H and O–H groups in total. The molecular formula is C17H14N2O. The van der Waals surface area contributed by atoms with Crippen molar-refractivity contribution >= 4 is 16.7 Å². The van der Waals surface area contributed by atoms with Crippen LogP contribution in [0.25, 0.3) is 10.9 Å². The van der Waals surface area contributed by atoms with E-state index in [0.717, 1.165) is 22.2 Å². The number of para-hydroxylation sites is 1. The Morgan fingerprint density at radius 1 is 1.10 bits per heavy atom. The van der Waals surface area contributed by atoms with Gasteiger partial charge in [-0.25, -0.2) is 0 Å². The zero-order valence-electron chi connectivity index (χ0n) is 11.2. The van der Waals surface area contributed by atoms with Crippen molar-refractivity contribution < 1.29 is 4.79 Å². The molecule has 0 atom stereocenters. The first kappa shape index (κ1) is 12.5. The number of pyridine rings is 2. The summed E-state index contributed by atoms with van der Waals surface area (Å²) < 4.78 is 0. The highest BCUT2D eigenvalue weighted by molar-refractivity contribution is 5.97. The predicted octanol–water partition coefficient (Wildman–Crippen LogP) is 3.36. The molecule has 1 aromatic carbocycles. The summed E-state index contributed by atoms with van der Waals surface area (Å²) in [6.07, 6.45) is 3.65. The van der Waals surface area contributed by atoms with Gasteiger partial charge in [0.05, 0.1) is 11.9 Å². The van der Waals surface area contributed by atoms with Crippen LogP contribution in [0.2, 0.25) is 0 Å². The maximum Gasteiger partial charge on any atom is 0.170 e. The van der Waals surface area contributed by atoms with E-state index in [0.29, 0.717) is 12.0 Å². The summed E-state index contributed by atoms with van der Waals surface area (Å²) in [5, 5.41) is 1.08. The van der Waals surface area contributed by atoms with Crippen molar-refractivity contribution in [2.75, 3.05) is 0 Å². The van der Waals surface area contributed by atoms with Gasteiger partial charge in [-0.05, 0) is 30.7 Å².